The van der Waals surface area contributed by atoms with Crippen LogP contribution in [0.3, 0.4) is 0 Å². The molecule has 0 bridgehead atoms. The second-order valence-corrected chi connectivity index (χ2v) is 13.3. The second kappa shape index (κ2) is 17.9. The Morgan fingerprint density at radius 3 is 1.21 bits per heavy atom. The molecule has 7 aromatic carbocycles. The van der Waals surface area contributed by atoms with Crippen molar-refractivity contribution in [2.75, 3.05) is 0 Å². The number of hydrogen-bond acceptors (Lipinski definition) is 5. The lowest BCUT2D eigenvalue weighted by atomic mass is 10.1. The van der Waals surface area contributed by atoms with E-state index < -0.39 is 0 Å². The van der Waals surface area contributed by atoms with Crippen molar-refractivity contribution in [2.45, 2.75) is 33.0 Å². The first-order valence-electron chi connectivity index (χ1n) is 18.7. The molecule has 8 rings (SSSR count). The zero-order valence-electron chi connectivity index (χ0n) is 30.9. The van der Waals surface area contributed by atoms with E-state index in [2.05, 4.69) is 0 Å². The summed E-state index contributed by atoms with van der Waals surface area (Å²) < 4.78 is 39.1. The SMILES string of the molecule is c1ccc(COc2cc(OCc3ccccc3)c3cc(OCc4ccccc4)c(-c4ccc(OCc5ccccc5)c(OCc5ccccc5)c4)[o+]c3c2)cc1. The predicted octanol–water partition coefficient (Wildman–Crippen LogP) is 12.3. The summed E-state index contributed by atoms with van der Waals surface area (Å²) in [6.07, 6.45) is 0. The Bertz CT molecular complexity index is 2460. The van der Waals surface area contributed by atoms with E-state index in [-0.39, 0.29) is 0 Å². The predicted molar refractivity (Wildman–Crippen MR) is 220 cm³/mol. The number of rotatable bonds is 16. The van der Waals surface area contributed by atoms with Crippen LogP contribution in [0, 0.1) is 0 Å². The molecule has 1 aromatic heterocycles. The van der Waals surface area contributed by atoms with Crippen molar-refractivity contribution in [3.05, 3.63) is 216 Å². The molecule has 276 valence electrons. The Morgan fingerprint density at radius 1 is 0.321 bits per heavy atom. The molecule has 8 aromatic rings. The fourth-order valence-corrected chi connectivity index (χ4v) is 6.24. The van der Waals surface area contributed by atoms with Gasteiger partial charge in [-0.1, -0.05) is 152 Å². The van der Waals surface area contributed by atoms with E-state index in [0.29, 0.717) is 73.1 Å². The molecule has 1 heterocycles. The zero-order valence-corrected chi connectivity index (χ0v) is 30.9. The van der Waals surface area contributed by atoms with E-state index in [1.165, 1.54) is 0 Å². The molecule has 0 atom stereocenters. The van der Waals surface area contributed by atoms with Crippen LogP contribution in [0.4, 0.5) is 0 Å². The van der Waals surface area contributed by atoms with Crippen LogP contribution < -0.4 is 23.7 Å². The van der Waals surface area contributed by atoms with Gasteiger partial charge in [0.2, 0.25) is 5.75 Å². The van der Waals surface area contributed by atoms with Crippen molar-refractivity contribution in [1.29, 1.82) is 0 Å². The smallest absolute Gasteiger partial charge is 0.402 e. The first-order valence-corrected chi connectivity index (χ1v) is 18.7. The van der Waals surface area contributed by atoms with Crippen LogP contribution in [0.5, 0.6) is 28.7 Å². The third-order valence-corrected chi connectivity index (χ3v) is 9.19. The van der Waals surface area contributed by atoms with Crippen LogP contribution in [-0.2, 0) is 33.0 Å². The van der Waals surface area contributed by atoms with Gasteiger partial charge >= 0.3 is 11.3 Å². The van der Waals surface area contributed by atoms with Gasteiger partial charge in [0.1, 0.15) is 49.9 Å². The van der Waals surface area contributed by atoms with Gasteiger partial charge in [-0.05, 0) is 39.9 Å². The van der Waals surface area contributed by atoms with Gasteiger partial charge in [-0.3, -0.25) is 0 Å². The maximum atomic E-state index is 6.86. The molecular weight excluding hydrogens is 697 g/mol. The highest BCUT2D eigenvalue weighted by Crippen LogP contribution is 2.43. The molecule has 6 heteroatoms. The zero-order chi connectivity index (χ0) is 37.8. The molecule has 6 nitrogen and oxygen atoms in total. The summed E-state index contributed by atoms with van der Waals surface area (Å²) in [5.74, 6) is 3.52. The van der Waals surface area contributed by atoms with Crippen molar-refractivity contribution in [3.63, 3.8) is 0 Å². The average Bonchev–Trinajstić information content (AvgIpc) is 3.27. The molecule has 0 saturated carbocycles. The molecule has 0 aliphatic rings. The van der Waals surface area contributed by atoms with E-state index in [1.807, 2.05) is 188 Å². The topological polar surface area (TPSA) is 57.5 Å². The standard InChI is InChI=1S/C50H41O6/c1-6-16-37(17-7-1)32-51-43-29-46(53-34-39-20-10-3-11-21-39)44-31-49(55-36-41-24-14-5-15-25-41)50(56-47(44)30-43)42-26-27-45(52-33-38-18-8-2-9-19-38)48(28-42)54-35-40-22-12-4-13-23-40/h1-31H,32-36H2/q+1. The lowest BCUT2D eigenvalue weighted by Gasteiger charge is -2.15. The molecule has 0 radical (unpaired) electrons. The van der Waals surface area contributed by atoms with E-state index >= 15 is 0 Å². The van der Waals surface area contributed by atoms with E-state index in [0.717, 1.165) is 38.8 Å². The Morgan fingerprint density at radius 2 is 0.732 bits per heavy atom. The third kappa shape index (κ3) is 9.35. The van der Waals surface area contributed by atoms with Gasteiger partial charge in [0.05, 0.1) is 11.6 Å². The van der Waals surface area contributed by atoms with Crippen LogP contribution >= 0.6 is 0 Å². The molecule has 0 saturated heterocycles. The summed E-state index contributed by atoms with van der Waals surface area (Å²) in [4.78, 5) is 0. The van der Waals surface area contributed by atoms with Gasteiger partial charge in [-0.15, -0.1) is 0 Å². The molecule has 0 N–H and O–H groups in total. The Kier molecular flexibility index (Phi) is 11.5. The lowest BCUT2D eigenvalue weighted by Crippen LogP contribution is -2.02. The average molecular weight is 738 g/mol. The van der Waals surface area contributed by atoms with Crippen LogP contribution in [0.1, 0.15) is 27.8 Å². The van der Waals surface area contributed by atoms with Crippen molar-refractivity contribution in [3.8, 4) is 40.1 Å². The Hall–Kier alpha value is -7.05. The fourth-order valence-electron chi connectivity index (χ4n) is 6.24. The van der Waals surface area contributed by atoms with Gasteiger partial charge in [0.15, 0.2) is 11.5 Å². The summed E-state index contributed by atoms with van der Waals surface area (Å²) in [7, 11) is 0. The van der Waals surface area contributed by atoms with Crippen LogP contribution in [0.25, 0.3) is 22.3 Å². The summed E-state index contributed by atoms with van der Waals surface area (Å²) in [5, 5.41) is 0.753. The normalized spacial score (nSPS) is 10.9. The highest BCUT2D eigenvalue weighted by Gasteiger charge is 2.28. The number of fused-ring (bicyclic) bond motifs is 1. The largest absolute Gasteiger partial charge is 0.488 e. The minimum Gasteiger partial charge on any atom is -0.488 e. The lowest BCUT2D eigenvalue weighted by molar-refractivity contribution is 0.256. The monoisotopic (exact) mass is 737 g/mol. The van der Waals surface area contributed by atoms with Crippen molar-refractivity contribution in [1.82, 2.24) is 0 Å². The number of benzene rings is 7. The highest BCUT2D eigenvalue weighted by molar-refractivity contribution is 5.89. The molecule has 56 heavy (non-hydrogen) atoms. The van der Waals surface area contributed by atoms with Crippen molar-refractivity contribution < 1.29 is 28.1 Å². The minimum atomic E-state index is 0.336. The Labute approximate surface area is 327 Å². The molecular formula is C50H41O6+. The van der Waals surface area contributed by atoms with Gasteiger partial charge in [0, 0.05) is 18.2 Å². The summed E-state index contributed by atoms with van der Waals surface area (Å²) in [5.41, 5.74) is 6.56. The van der Waals surface area contributed by atoms with E-state index in [9.17, 15) is 0 Å². The van der Waals surface area contributed by atoms with Crippen LogP contribution in [0.2, 0.25) is 0 Å². The van der Waals surface area contributed by atoms with Crippen LogP contribution in [-0.4, -0.2) is 0 Å². The summed E-state index contributed by atoms with van der Waals surface area (Å²) >= 11 is 0. The van der Waals surface area contributed by atoms with Gasteiger partial charge in [-0.25, -0.2) is 4.42 Å². The summed E-state index contributed by atoms with van der Waals surface area (Å²) in [6.45, 7) is 1.85. The van der Waals surface area contributed by atoms with Crippen LogP contribution in [0.15, 0.2) is 192 Å². The number of ether oxygens (including phenoxy) is 5. The fraction of sp³-hybridized carbons (Fsp3) is 0.100. The summed E-state index contributed by atoms with van der Waals surface area (Å²) in [6, 6.07) is 62.0. The first kappa shape index (κ1) is 36.0. The quantitative estimate of drug-likeness (QED) is 0.0920. The number of hydrogen-bond donors (Lipinski definition) is 0. The molecule has 0 aliphatic carbocycles. The second-order valence-electron chi connectivity index (χ2n) is 13.3. The van der Waals surface area contributed by atoms with Gasteiger partial charge in [-0.2, -0.15) is 0 Å². The van der Waals surface area contributed by atoms with Crippen molar-refractivity contribution in [2.24, 2.45) is 0 Å². The Balaban J connectivity index is 1.20. The third-order valence-electron chi connectivity index (χ3n) is 9.19. The molecule has 0 fully saturated rings. The van der Waals surface area contributed by atoms with Gasteiger partial charge in [0.25, 0.3) is 0 Å². The van der Waals surface area contributed by atoms with Crippen molar-refractivity contribution >= 4 is 11.0 Å². The van der Waals surface area contributed by atoms with Gasteiger partial charge < -0.3 is 23.7 Å². The minimum absolute atomic E-state index is 0.336. The highest BCUT2D eigenvalue weighted by atomic mass is 16.5. The van der Waals surface area contributed by atoms with E-state index in [4.69, 9.17) is 28.1 Å². The first-order chi connectivity index (χ1) is 27.7. The van der Waals surface area contributed by atoms with E-state index in [1.54, 1.807) is 0 Å². The molecule has 0 amide bonds. The molecule has 0 unspecified atom stereocenters. The maximum Gasteiger partial charge on any atom is 0.402 e. The molecule has 0 spiro atoms. The molecule has 0 aliphatic heterocycles. The maximum absolute atomic E-state index is 6.86.